The van der Waals surface area contributed by atoms with Crippen molar-refractivity contribution >= 4 is 17.6 Å². The Bertz CT molecular complexity index is 793. The summed E-state index contributed by atoms with van der Waals surface area (Å²) < 4.78 is 29.1. The van der Waals surface area contributed by atoms with E-state index in [-0.39, 0.29) is 6.61 Å². The van der Waals surface area contributed by atoms with Crippen molar-refractivity contribution in [1.82, 2.24) is 0 Å². The van der Waals surface area contributed by atoms with Crippen molar-refractivity contribution in [2.45, 2.75) is 13.0 Å². The van der Waals surface area contributed by atoms with E-state index in [9.17, 15) is 14.0 Å². The van der Waals surface area contributed by atoms with Crippen LogP contribution in [0.5, 0.6) is 11.5 Å². The van der Waals surface area contributed by atoms with Gasteiger partial charge in [0.2, 0.25) is 6.10 Å². The number of hydrogen-bond acceptors (Lipinski definition) is 5. The maximum absolute atomic E-state index is 13.0. The van der Waals surface area contributed by atoms with Gasteiger partial charge in [0, 0.05) is 12.2 Å². The first-order valence-corrected chi connectivity index (χ1v) is 8.19. The summed E-state index contributed by atoms with van der Waals surface area (Å²) in [6, 6.07) is 12.5. The van der Waals surface area contributed by atoms with E-state index in [0.29, 0.717) is 23.7 Å². The molecular formula is C19H18FNO5. The average Bonchev–Trinajstić information content (AvgIpc) is 2.67. The lowest BCUT2D eigenvalue weighted by Crippen LogP contribution is -2.40. The van der Waals surface area contributed by atoms with Crippen LogP contribution in [0.15, 0.2) is 48.5 Å². The highest BCUT2D eigenvalue weighted by molar-refractivity contribution is 5.95. The van der Waals surface area contributed by atoms with Gasteiger partial charge in [0.15, 0.2) is 18.1 Å². The van der Waals surface area contributed by atoms with Gasteiger partial charge in [0.05, 0.1) is 0 Å². The van der Waals surface area contributed by atoms with Crippen LogP contribution in [-0.2, 0) is 14.3 Å². The number of carbonyl (C=O) groups is 2. The van der Waals surface area contributed by atoms with Gasteiger partial charge in [-0.05, 0) is 43.3 Å². The number of para-hydroxylation sites is 2. The molecule has 26 heavy (non-hydrogen) atoms. The largest absolute Gasteiger partial charge is 0.485 e. The SMILES string of the molecule is CCN(C(=O)COC(=O)[C@@H]1COc2ccccc2O1)c1ccc(F)cc1. The third kappa shape index (κ3) is 3.93. The molecule has 136 valence electrons. The van der Waals surface area contributed by atoms with Crippen LogP contribution in [-0.4, -0.2) is 37.7 Å². The number of nitrogens with zero attached hydrogens (tertiary/aromatic N) is 1. The summed E-state index contributed by atoms with van der Waals surface area (Å²) in [6.45, 7) is 1.71. The molecule has 0 unspecified atom stereocenters. The van der Waals surface area contributed by atoms with Crippen LogP contribution in [0, 0.1) is 5.82 Å². The van der Waals surface area contributed by atoms with E-state index in [4.69, 9.17) is 14.2 Å². The summed E-state index contributed by atoms with van der Waals surface area (Å²) in [5, 5.41) is 0. The van der Waals surface area contributed by atoms with E-state index >= 15 is 0 Å². The Labute approximate surface area is 150 Å². The topological polar surface area (TPSA) is 65.1 Å². The Hall–Kier alpha value is -3.09. The number of carbonyl (C=O) groups excluding carboxylic acids is 2. The molecule has 0 N–H and O–H groups in total. The van der Waals surface area contributed by atoms with Crippen molar-refractivity contribution in [3.8, 4) is 11.5 Å². The Morgan fingerprint density at radius 2 is 1.85 bits per heavy atom. The smallest absolute Gasteiger partial charge is 0.351 e. The molecule has 7 heteroatoms. The zero-order valence-electron chi connectivity index (χ0n) is 14.2. The number of benzene rings is 2. The summed E-state index contributed by atoms with van der Waals surface area (Å²) >= 11 is 0. The number of likely N-dealkylation sites (N-methyl/N-ethyl adjacent to an activating group) is 1. The molecule has 0 spiro atoms. The highest BCUT2D eigenvalue weighted by atomic mass is 19.1. The van der Waals surface area contributed by atoms with E-state index in [2.05, 4.69) is 0 Å². The molecule has 0 aromatic heterocycles. The first-order chi connectivity index (χ1) is 12.6. The van der Waals surface area contributed by atoms with Gasteiger partial charge in [0.25, 0.3) is 5.91 Å². The Morgan fingerprint density at radius 3 is 2.54 bits per heavy atom. The molecule has 2 aromatic carbocycles. The minimum Gasteiger partial charge on any atom is -0.485 e. The molecule has 1 atom stereocenters. The number of esters is 1. The van der Waals surface area contributed by atoms with Crippen LogP contribution in [0.1, 0.15) is 6.92 Å². The standard InChI is InChI=1S/C19H18FNO5/c1-2-21(14-9-7-13(20)8-10-14)18(22)12-25-19(23)17-11-24-15-5-3-4-6-16(15)26-17/h3-10,17H,2,11-12H2,1H3/t17-/m0/s1. The van der Waals surface area contributed by atoms with Crippen LogP contribution >= 0.6 is 0 Å². The van der Waals surface area contributed by atoms with Gasteiger partial charge in [-0.1, -0.05) is 12.1 Å². The molecule has 1 heterocycles. The third-order valence-corrected chi connectivity index (χ3v) is 3.86. The Balaban J connectivity index is 1.57. The lowest BCUT2D eigenvalue weighted by Gasteiger charge is -2.25. The van der Waals surface area contributed by atoms with Gasteiger partial charge in [0.1, 0.15) is 12.4 Å². The summed E-state index contributed by atoms with van der Waals surface area (Å²) in [5.74, 6) is -0.472. The maximum atomic E-state index is 13.0. The van der Waals surface area contributed by atoms with Gasteiger partial charge in [-0.25, -0.2) is 9.18 Å². The molecule has 0 saturated carbocycles. The van der Waals surface area contributed by atoms with Crippen molar-refractivity contribution in [2.24, 2.45) is 0 Å². The predicted octanol–water partition coefficient (Wildman–Crippen LogP) is 2.56. The van der Waals surface area contributed by atoms with Crippen molar-refractivity contribution in [3.63, 3.8) is 0 Å². The Kier molecular flexibility index (Phi) is 5.36. The van der Waals surface area contributed by atoms with Gasteiger partial charge < -0.3 is 19.1 Å². The van der Waals surface area contributed by atoms with E-state index in [1.54, 1.807) is 31.2 Å². The molecule has 2 aromatic rings. The van der Waals surface area contributed by atoms with Crippen LogP contribution < -0.4 is 14.4 Å². The monoisotopic (exact) mass is 359 g/mol. The third-order valence-electron chi connectivity index (χ3n) is 3.86. The number of amides is 1. The van der Waals surface area contributed by atoms with Crippen molar-refractivity contribution < 1.29 is 28.2 Å². The second kappa shape index (κ2) is 7.86. The minimum absolute atomic E-state index is 0.0134. The first kappa shape index (κ1) is 17.7. The highest BCUT2D eigenvalue weighted by Gasteiger charge is 2.29. The average molecular weight is 359 g/mol. The lowest BCUT2D eigenvalue weighted by molar-refractivity contribution is -0.157. The van der Waals surface area contributed by atoms with Crippen molar-refractivity contribution in [3.05, 3.63) is 54.3 Å². The van der Waals surface area contributed by atoms with Crippen molar-refractivity contribution in [2.75, 3.05) is 24.7 Å². The number of anilines is 1. The number of halogens is 1. The van der Waals surface area contributed by atoms with Crippen molar-refractivity contribution in [1.29, 1.82) is 0 Å². The molecule has 0 aliphatic carbocycles. The fourth-order valence-electron chi connectivity index (χ4n) is 2.56. The molecule has 1 amide bonds. The molecule has 0 fully saturated rings. The Morgan fingerprint density at radius 1 is 1.15 bits per heavy atom. The zero-order chi connectivity index (χ0) is 18.5. The molecule has 0 saturated heterocycles. The van der Waals surface area contributed by atoms with Gasteiger partial charge in [-0.3, -0.25) is 4.79 Å². The van der Waals surface area contributed by atoms with Crippen LogP contribution in [0.4, 0.5) is 10.1 Å². The summed E-state index contributed by atoms with van der Waals surface area (Å²) in [5.41, 5.74) is 0.529. The fourth-order valence-corrected chi connectivity index (χ4v) is 2.56. The molecular weight excluding hydrogens is 341 g/mol. The van der Waals surface area contributed by atoms with Crippen LogP contribution in [0.3, 0.4) is 0 Å². The maximum Gasteiger partial charge on any atom is 0.351 e. The van der Waals surface area contributed by atoms with Crippen LogP contribution in [0.2, 0.25) is 0 Å². The second-order valence-corrected chi connectivity index (χ2v) is 5.59. The van der Waals surface area contributed by atoms with E-state index in [1.807, 2.05) is 0 Å². The normalized spacial score (nSPS) is 15.2. The second-order valence-electron chi connectivity index (χ2n) is 5.59. The predicted molar refractivity (Wildman–Crippen MR) is 91.7 cm³/mol. The molecule has 3 rings (SSSR count). The number of rotatable bonds is 5. The van der Waals surface area contributed by atoms with Gasteiger partial charge in [-0.15, -0.1) is 0 Å². The molecule has 1 aliphatic rings. The minimum atomic E-state index is -0.932. The molecule has 6 nitrogen and oxygen atoms in total. The number of ether oxygens (including phenoxy) is 3. The molecule has 0 bridgehead atoms. The fraction of sp³-hybridized carbons (Fsp3) is 0.263. The summed E-state index contributed by atoms with van der Waals surface area (Å²) in [6.07, 6.45) is -0.932. The summed E-state index contributed by atoms with van der Waals surface area (Å²) in [7, 11) is 0. The van der Waals surface area contributed by atoms with Crippen LogP contribution in [0.25, 0.3) is 0 Å². The van der Waals surface area contributed by atoms with Gasteiger partial charge in [-0.2, -0.15) is 0 Å². The number of hydrogen-bond donors (Lipinski definition) is 0. The highest BCUT2D eigenvalue weighted by Crippen LogP contribution is 2.31. The molecule has 1 aliphatic heterocycles. The van der Waals surface area contributed by atoms with Gasteiger partial charge >= 0.3 is 5.97 Å². The van der Waals surface area contributed by atoms with E-state index in [0.717, 1.165) is 0 Å². The first-order valence-electron chi connectivity index (χ1n) is 8.19. The lowest BCUT2D eigenvalue weighted by atomic mass is 10.2. The van der Waals surface area contributed by atoms with E-state index < -0.39 is 30.4 Å². The molecule has 0 radical (unpaired) electrons. The summed E-state index contributed by atoms with van der Waals surface area (Å²) in [4.78, 5) is 25.9. The zero-order valence-corrected chi connectivity index (χ0v) is 14.2. The number of fused-ring (bicyclic) bond motifs is 1. The quantitative estimate of drug-likeness (QED) is 0.768. The van der Waals surface area contributed by atoms with E-state index in [1.165, 1.54) is 29.2 Å².